The Kier molecular flexibility index (Phi) is 3.19. The summed E-state index contributed by atoms with van der Waals surface area (Å²) in [6.07, 6.45) is 0.733. The van der Waals surface area contributed by atoms with E-state index in [9.17, 15) is 10.2 Å². The van der Waals surface area contributed by atoms with E-state index < -0.39 is 0 Å². The number of phenolic OH excluding ortho intramolecular Hbond substituents is 2. The number of phenols is 2. The van der Waals surface area contributed by atoms with Crippen molar-refractivity contribution in [1.82, 2.24) is 0 Å². The van der Waals surface area contributed by atoms with Gasteiger partial charge < -0.3 is 14.9 Å². The minimum Gasteiger partial charge on any atom is -0.508 e. The van der Waals surface area contributed by atoms with Crippen LogP contribution in [0.5, 0.6) is 17.2 Å². The van der Waals surface area contributed by atoms with Gasteiger partial charge in [-0.15, -0.1) is 0 Å². The van der Waals surface area contributed by atoms with Crippen LogP contribution < -0.4 is 4.74 Å². The maximum atomic E-state index is 9.48. The normalized spacial score (nSPS) is 10.2. The lowest BCUT2D eigenvalue weighted by Gasteiger charge is -2.07. The Bertz CT molecular complexity index is 503. The van der Waals surface area contributed by atoms with E-state index in [1.54, 1.807) is 18.2 Å². The monoisotopic (exact) mass is 230 g/mol. The van der Waals surface area contributed by atoms with E-state index in [0.29, 0.717) is 5.75 Å². The standard InChI is InChI=1S/C14H14O3/c1-17-14-9-11(4-7-13(14)16)8-10-2-5-12(15)6-3-10/h2-7,9,15-16H,8H2,1H3. The molecule has 0 radical (unpaired) electrons. The molecule has 0 aliphatic rings. The molecule has 2 N–H and O–H groups in total. The van der Waals surface area contributed by atoms with Gasteiger partial charge in [0.15, 0.2) is 11.5 Å². The van der Waals surface area contributed by atoms with Gasteiger partial charge in [-0.05, 0) is 41.8 Å². The molecule has 2 aromatic carbocycles. The number of benzene rings is 2. The Balaban J connectivity index is 2.21. The fraction of sp³-hybridized carbons (Fsp3) is 0.143. The van der Waals surface area contributed by atoms with Crippen LogP contribution in [0, 0.1) is 0 Å². The van der Waals surface area contributed by atoms with Crippen molar-refractivity contribution in [3.63, 3.8) is 0 Å². The van der Waals surface area contributed by atoms with Crippen LogP contribution in [0.4, 0.5) is 0 Å². The predicted molar refractivity (Wildman–Crippen MR) is 65.6 cm³/mol. The molecule has 0 aromatic heterocycles. The molecule has 0 aliphatic heterocycles. The Morgan fingerprint density at radius 2 is 1.59 bits per heavy atom. The van der Waals surface area contributed by atoms with Crippen molar-refractivity contribution in [2.45, 2.75) is 6.42 Å². The van der Waals surface area contributed by atoms with Gasteiger partial charge in [-0.2, -0.15) is 0 Å². The second kappa shape index (κ2) is 4.78. The van der Waals surface area contributed by atoms with E-state index in [4.69, 9.17) is 4.74 Å². The molecule has 2 aromatic rings. The van der Waals surface area contributed by atoms with Gasteiger partial charge in [0.2, 0.25) is 0 Å². The van der Waals surface area contributed by atoms with Crippen molar-refractivity contribution in [3.05, 3.63) is 53.6 Å². The second-order valence-corrected chi connectivity index (χ2v) is 3.85. The van der Waals surface area contributed by atoms with E-state index >= 15 is 0 Å². The summed E-state index contributed by atoms with van der Waals surface area (Å²) in [5.74, 6) is 0.875. The Labute approximate surface area is 99.9 Å². The summed E-state index contributed by atoms with van der Waals surface area (Å²) in [5, 5.41) is 18.7. The molecule has 0 unspecified atom stereocenters. The molecule has 88 valence electrons. The Hall–Kier alpha value is -2.16. The van der Waals surface area contributed by atoms with E-state index in [1.807, 2.05) is 24.3 Å². The lowest BCUT2D eigenvalue weighted by Crippen LogP contribution is -1.90. The zero-order valence-corrected chi connectivity index (χ0v) is 9.55. The molecule has 0 amide bonds. The molecule has 2 rings (SSSR count). The summed E-state index contributed by atoms with van der Waals surface area (Å²) >= 11 is 0. The van der Waals surface area contributed by atoms with Crippen LogP contribution in [0.2, 0.25) is 0 Å². The number of rotatable bonds is 3. The van der Waals surface area contributed by atoms with Gasteiger partial charge in [-0.25, -0.2) is 0 Å². The minimum atomic E-state index is 0.141. The molecule has 0 aliphatic carbocycles. The fourth-order valence-electron chi connectivity index (χ4n) is 1.68. The van der Waals surface area contributed by atoms with E-state index in [-0.39, 0.29) is 11.5 Å². The quantitative estimate of drug-likeness (QED) is 0.852. The van der Waals surface area contributed by atoms with Crippen LogP contribution in [0.3, 0.4) is 0 Å². The van der Waals surface area contributed by atoms with Gasteiger partial charge in [-0.1, -0.05) is 18.2 Å². The molecule has 3 heteroatoms. The van der Waals surface area contributed by atoms with Crippen molar-refractivity contribution in [2.75, 3.05) is 7.11 Å². The van der Waals surface area contributed by atoms with Crippen molar-refractivity contribution >= 4 is 0 Å². The highest BCUT2D eigenvalue weighted by molar-refractivity contribution is 5.43. The maximum Gasteiger partial charge on any atom is 0.160 e. The minimum absolute atomic E-state index is 0.141. The van der Waals surface area contributed by atoms with Crippen LogP contribution in [-0.4, -0.2) is 17.3 Å². The second-order valence-electron chi connectivity index (χ2n) is 3.85. The van der Waals surface area contributed by atoms with Crippen LogP contribution in [-0.2, 0) is 6.42 Å². The molecule has 17 heavy (non-hydrogen) atoms. The van der Waals surface area contributed by atoms with Gasteiger partial charge >= 0.3 is 0 Å². The third-order valence-electron chi connectivity index (χ3n) is 2.59. The summed E-state index contributed by atoms with van der Waals surface area (Å²) in [5.41, 5.74) is 2.14. The molecule has 0 saturated carbocycles. The topological polar surface area (TPSA) is 49.7 Å². The molecule has 0 spiro atoms. The third kappa shape index (κ3) is 2.69. The SMILES string of the molecule is COc1cc(Cc2ccc(O)cc2)ccc1O. The van der Waals surface area contributed by atoms with Crippen LogP contribution in [0.25, 0.3) is 0 Å². The van der Waals surface area contributed by atoms with E-state index in [0.717, 1.165) is 17.5 Å². The smallest absolute Gasteiger partial charge is 0.160 e. The zero-order chi connectivity index (χ0) is 12.3. The van der Waals surface area contributed by atoms with Crippen molar-refractivity contribution in [3.8, 4) is 17.2 Å². The highest BCUT2D eigenvalue weighted by Crippen LogP contribution is 2.27. The maximum absolute atomic E-state index is 9.48. The summed E-state index contributed by atoms with van der Waals surface area (Å²) < 4.78 is 5.05. The van der Waals surface area contributed by atoms with Crippen molar-refractivity contribution in [2.24, 2.45) is 0 Å². The number of methoxy groups -OCH3 is 1. The Morgan fingerprint density at radius 3 is 2.24 bits per heavy atom. The summed E-state index contributed by atoms with van der Waals surface area (Å²) in [4.78, 5) is 0. The van der Waals surface area contributed by atoms with Crippen molar-refractivity contribution < 1.29 is 14.9 Å². The number of aromatic hydroxyl groups is 2. The van der Waals surface area contributed by atoms with Gasteiger partial charge in [0.25, 0.3) is 0 Å². The summed E-state index contributed by atoms with van der Waals surface area (Å²) in [7, 11) is 1.53. The molecule has 0 fully saturated rings. The van der Waals surface area contributed by atoms with E-state index in [1.165, 1.54) is 7.11 Å². The molecule has 0 saturated heterocycles. The van der Waals surface area contributed by atoms with Gasteiger partial charge in [0.05, 0.1) is 7.11 Å². The number of ether oxygens (including phenoxy) is 1. The molecular formula is C14H14O3. The van der Waals surface area contributed by atoms with Gasteiger partial charge in [0, 0.05) is 0 Å². The zero-order valence-electron chi connectivity index (χ0n) is 9.55. The molecule has 0 heterocycles. The Morgan fingerprint density at radius 1 is 0.941 bits per heavy atom. The molecule has 0 bridgehead atoms. The fourth-order valence-corrected chi connectivity index (χ4v) is 1.68. The van der Waals surface area contributed by atoms with Crippen LogP contribution in [0.15, 0.2) is 42.5 Å². The van der Waals surface area contributed by atoms with Crippen LogP contribution in [0.1, 0.15) is 11.1 Å². The van der Waals surface area contributed by atoms with Gasteiger partial charge in [0.1, 0.15) is 5.75 Å². The third-order valence-corrected chi connectivity index (χ3v) is 2.59. The van der Waals surface area contributed by atoms with Crippen LogP contribution >= 0.6 is 0 Å². The number of hydrogen-bond donors (Lipinski definition) is 2. The predicted octanol–water partition coefficient (Wildman–Crippen LogP) is 2.70. The first-order valence-electron chi connectivity index (χ1n) is 5.33. The van der Waals surface area contributed by atoms with E-state index in [2.05, 4.69) is 0 Å². The highest BCUT2D eigenvalue weighted by atomic mass is 16.5. The lowest BCUT2D eigenvalue weighted by atomic mass is 10.0. The van der Waals surface area contributed by atoms with Gasteiger partial charge in [-0.3, -0.25) is 0 Å². The summed E-state index contributed by atoms with van der Waals surface area (Å²) in [6.45, 7) is 0. The van der Waals surface area contributed by atoms with Crippen molar-refractivity contribution in [1.29, 1.82) is 0 Å². The average Bonchev–Trinajstić information content (AvgIpc) is 2.34. The average molecular weight is 230 g/mol. The first-order chi connectivity index (χ1) is 8.19. The molecule has 0 atom stereocenters. The lowest BCUT2D eigenvalue weighted by molar-refractivity contribution is 0.373. The first-order valence-corrected chi connectivity index (χ1v) is 5.33. The molecule has 3 nitrogen and oxygen atoms in total. The molecular weight excluding hydrogens is 216 g/mol. The highest BCUT2D eigenvalue weighted by Gasteiger charge is 2.03. The summed E-state index contributed by atoms with van der Waals surface area (Å²) in [6, 6.07) is 12.3. The first kappa shape index (κ1) is 11.3. The largest absolute Gasteiger partial charge is 0.508 e. The number of hydrogen-bond acceptors (Lipinski definition) is 3.